The highest BCUT2D eigenvalue weighted by Crippen LogP contribution is 2.33. The van der Waals surface area contributed by atoms with Crippen LogP contribution in [0.15, 0.2) is 18.2 Å². The summed E-state index contributed by atoms with van der Waals surface area (Å²) >= 11 is 11.3. The highest BCUT2D eigenvalue weighted by Gasteiger charge is 2.32. The van der Waals surface area contributed by atoms with Crippen molar-refractivity contribution in [3.63, 3.8) is 0 Å². The molecule has 0 heterocycles. The second-order valence-corrected chi connectivity index (χ2v) is 3.83. The molecule has 1 rings (SSSR count). The fraction of sp³-hybridized carbons (Fsp3) is 0.400. The smallest absolute Gasteiger partial charge is 0.404 e. The number of aryl methyl sites for hydroxylation is 1. The summed E-state index contributed by atoms with van der Waals surface area (Å²) < 4.78 is 39.8. The zero-order valence-electron chi connectivity index (χ0n) is 8.15. The summed E-state index contributed by atoms with van der Waals surface area (Å²) in [6, 6.07) is 4.30. The van der Waals surface area contributed by atoms with Crippen molar-refractivity contribution in [1.29, 1.82) is 0 Å². The molecule has 0 aliphatic carbocycles. The van der Waals surface area contributed by atoms with Crippen LogP contribution < -0.4 is 4.74 Å². The zero-order chi connectivity index (χ0) is 12.2. The van der Waals surface area contributed by atoms with Crippen molar-refractivity contribution in [3.05, 3.63) is 28.8 Å². The monoisotopic (exact) mass is 272 g/mol. The lowest BCUT2D eigenvalue weighted by Gasteiger charge is -2.12. The first-order valence-corrected chi connectivity index (χ1v) is 5.44. The van der Waals surface area contributed by atoms with Crippen LogP contribution in [0, 0.1) is 0 Å². The van der Waals surface area contributed by atoms with E-state index in [1.807, 2.05) is 0 Å². The third kappa shape index (κ3) is 4.10. The molecular formula is C10H9Cl2F3O. The van der Waals surface area contributed by atoms with Crippen LogP contribution in [0.5, 0.6) is 5.75 Å². The number of alkyl halides is 4. The van der Waals surface area contributed by atoms with E-state index in [0.717, 1.165) is 0 Å². The second kappa shape index (κ2) is 5.64. The molecule has 90 valence electrons. The summed E-state index contributed by atoms with van der Waals surface area (Å²) in [6.07, 6.45) is -3.55. The third-order valence-corrected chi connectivity index (χ3v) is 2.54. The van der Waals surface area contributed by atoms with Gasteiger partial charge in [-0.1, -0.05) is 23.7 Å². The van der Waals surface area contributed by atoms with Gasteiger partial charge in [0, 0.05) is 5.88 Å². The lowest BCUT2D eigenvalue weighted by Crippen LogP contribution is -2.17. The first kappa shape index (κ1) is 13.5. The minimum atomic E-state index is -4.73. The fourth-order valence-corrected chi connectivity index (χ4v) is 1.60. The Bertz CT molecular complexity index is 352. The van der Waals surface area contributed by atoms with Crippen molar-refractivity contribution in [2.75, 3.05) is 5.88 Å². The Morgan fingerprint density at radius 1 is 1.25 bits per heavy atom. The molecule has 0 fully saturated rings. The molecule has 0 aromatic heterocycles. The molecule has 1 aromatic rings. The van der Waals surface area contributed by atoms with Gasteiger partial charge in [0.2, 0.25) is 0 Å². The molecule has 1 nitrogen and oxygen atoms in total. The van der Waals surface area contributed by atoms with Crippen molar-refractivity contribution < 1.29 is 17.9 Å². The quantitative estimate of drug-likeness (QED) is 0.738. The van der Waals surface area contributed by atoms with Crippen LogP contribution >= 0.6 is 23.2 Å². The fourth-order valence-electron chi connectivity index (χ4n) is 1.21. The Morgan fingerprint density at radius 2 is 1.94 bits per heavy atom. The van der Waals surface area contributed by atoms with Gasteiger partial charge in [-0.05, 0) is 24.5 Å². The molecule has 0 unspecified atom stereocenters. The van der Waals surface area contributed by atoms with Gasteiger partial charge in [0.05, 0.1) is 5.02 Å². The molecule has 0 atom stereocenters. The van der Waals surface area contributed by atoms with Crippen LogP contribution in [0.2, 0.25) is 5.02 Å². The van der Waals surface area contributed by atoms with Crippen LogP contribution in [-0.4, -0.2) is 12.2 Å². The van der Waals surface area contributed by atoms with Gasteiger partial charge in [-0.25, -0.2) is 0 Å². The molecule has 16 heavy (non-hydrogen) atoms. The van der Waals surface area contributed by atoms with E-state index < -0.39 is 6.36 Å². The van der Waals surface area contributed by atoms with Gasteiger partial charge in [0.25, 0.3) is 0 Å². The van der Waals surface area contributed by atoms with Crippen LogP contribution in [0.4, 0.5) is 13.2 Å². The van der Waals surface area contributed by atoms with E-state index in [1.165, 1.54) is 12.1 Å². The van der Waals surface area contributed by atoms with Gasteiger partial charge < -0.3 is 4.74 Å². The number of benzene rings is 1. The average Bonchev–Trinajstić information content (AvgIpc) is 2.17. The molecule has 0 spiro atoms. The summed E-state index contributed by atoms with van der Waals surface area (Å²) in [5.41, 5.74) is 0.601. The lowest BCUT2D eigenvalue weighted by molar-refractivity contribution is -0.274. The topological polar surface area (TPSA) is 9.23 Å². The first-order chi connectivity index (χ1) is 7.44. The summed E-state index contributed by atoms with van der Waals surface area (Å²) in [5, 5.41) is -0.00931. The van der Waals surface area contributed by atoms with Crippen LogP contribution in [0.25, 0.3) is 0 Å². The van der Waals surface area contributed by atoms with Gasteiger partial charge in [-0.2, -0.15) is 0 Å². The first-order valence-electron chi connectivity index (χ1n) is 4.53. The van der Waals surface area contributed by atoms with E-state index in [9.17, 15) is 13.2 Å². The van der Waals surface area contributed by atoms with Gasteiger partial charge in [0.15, 0.2) is 0 Å². The molecule has 0 N–H and O–H groups in total. The predicted octanol–water partition coefficient (Wildman–Crippen LogP) is 4.41. The Hall–Kier alpha value is -0.610. The van der Waals surface area contributed by atoms with Gasteiger partial charge >= 0.3 is 6.36 Å². The van der Waals surface area contributed by atoms with E-state index in [2.05, 4.69) is 4.74 Å². The highest BCUT2D eigenvalue weighted by atomic mass is 35.5. The van der Waals surface area contributed by atoms with Crippen LogP contribution in [-0.2, 0) is 6.42 Å². The molecule has 0 amide bonds. The third-order valence-electron chi connectivity index (χ3n) is 1.85. The van der Waals surface area contributed by atoms with E-state index in [-0.39, 0.29) is 10.8 Å². The van der Waals surface area contributed by atoms with E-state index in [4.69, 9.17) is 23.2 Å². The molecule has 0 radical (unpaired) electrons. The predicted molar refractivity (Wildman–Crippen MR) is 57.2 cm³/mol. The number of hydrogen-bond acceptors (Lipinski definition) is 1. The summed E-state index contributed by atoms with van der Waals surface area (Å²) in [5.74, 6) is 0.0574. The number of rotatable bonds is 4. The molecule has 0 saturated carbocycles. The largest absolute Gasteiger partial charge is 0.573 e. The normalized spacial score (nSPS) is 11.6. The molecule has 0 bridgehead atoms. The number of ether oxygens (including phenoxy) is 1. The molecule has 0 aliphatic rings. The molecule has 1 aromatic carbocycles. The Kier molecular flexibility index (Phi) is 4.74. The van der Waals surface area contributed by atoms with Gasteiger partial charge in [0.1, 0.15) is 5.75 Å². The SMILES string of the molecule is FC(F)(F)Oc1cccc(CCCCl)c1Cl. The van der Waals surface area contributed by atoms with Crippen LogP contribution in [0.3, 0.4) is 0 Å². The maximum Gasteiger partial charge on any atom is 0.573 e. The summed E-state index contributed by atoms with van der Waals surface area (Å²) in [6.45, 7) is 0. The van der Waals surface area contributed by atoms with Gasteiger partial charge in [-0.15, -0.1) is 24.8 Å². The highest BCUT2D eigenvalue weighted by molar-refractivity contribution is 6.32. The minimum Gasteiger partial charge on any atom is -0.404 e. The average molecular weight is 273 g/mol. The lowest BCUT2D eigenvalue weighted by atomic mass is 10.1. The zero-order valence-corrected chi connectivity index (χ0v) is 9.66. The van der Waals surface area contributed by atoms with E-state index in [1.54, 1.807) is 6.07 Å². The Labute approximate surface area is 101 Å². The van der Waals surface area contributed by atoms with Crippen molar-refractivity contribution in [3.8, 4) is 5.75 Å². The Balaban J connectivity index is 2.86. The molecular weight excluding hydrogens is 264 g/mol. The van der Waals surface area contributed by atoms with E-state index in [0.29, 0.717) is 24.3 Å². The number of hydrogen-bond donors (Lipinski definition) is 0. The maximum atomic E-state index is 12.0. The number of halogens is 5. The molecule has 0 saturated heterocycles. The van der Waals surface area contributed by atoms with Crippen molar-refractivity contribution in [2.24, 2.45) is 0 Å². The summed E-state index contributed by atoms with van der Waals surface area (Å²) in [4.78, 5) is 0. The van der Waals surface area contributed by atoms with Crippen LogP contribution in [0.1, 0.15) is 12.0 Å². The summed E-state index contributed by atoms with van der Waals surface area (Å²) in [7, 11) is 0. The minimum absolute atomic E-state index is 0.00931. The second-order valence-electron chi connectivity index (χ2n) is 3.07. The molecule has 6 heteroatoms. The standard InChI is InChI=1S/C10H9Cl2F3O/c11-6-2-4-7-3-1-5-8(9(7)12)16-10(13,14)15/h1,3,5H,2,4,6H2. The maximum absolute atomic E-state index is 12.0. The van der Waals surface area contributed by atoms with E-state index >= 15 is 0 Å². The Morgan fingerprint density at radius 3 is 2.50 bits per heavy atom. The van der Waals surface area contributed by atoms with Crippen molar-refractivity contribution in [1.82, 2.24) is 0 Å². The van der Waals surface area contributed by atoms with Gasteiger partial charge in [-0.3, -0.25) is 0 Å². The van der Waals surface area contributed by atoms with Crippen molar-refractivity contribution >= 4 is 23.2 Å². The van der Waals surface area contributed by atoms with Crippen molar-refractivity contribution in [2.45, 2.75) is 19.2 Å². The molecule has 0 aliphatic heterocycles.